The molecule has 0 unspecified atom stereocenters. The Hall–Kier alpha value is -3.28. The van der Waals surface area contributed by atoms with Crippen molar-refractivity contribution in [1.29, 1.82) is 0 Å². The largest absolute Gasteiger partial charge is 0.467 e. The van der Waals surface area contributed by atoms with E-state index < -0.39 is 29.3 Å². The van der Waals surface area contributed by atoms with Gasteiger partial charge in [-0.25, -0.2) is 9.69 Å². The fourth-order valence-electron chi connectivity index (χ4n) is 3.91. The molecule has 1 saturated heterocycles. The molecule has 0 saturated carbocycles. The minimum atomic E-state index is -1.55. The fourth-order valence-corrected chi connectivity index (χ4v) is 3.91. The zero-order chi connectivity index (χ0) is 19.2. The van der Waals surface area contributed by atoms with Crippen LogP contribution in [0.1, 0.15) is 11.1 Å². The number of fused-ring (bicyclic) bond motifs is 1. The summed E-state index contributed by atoms with van der Waals surface area (Å²) in [6.45, 7) is 1.93. The Bertz CT molecular complexity index is 952. The number of carbonyl (C=O) groups is 3. The molecule has 2 aliphatic rings. The van der Waals surface area contributed by atoms with Crippen LogP contribution in [-0.2, 0) is 24.7 Å². The maximum absolute atomic E-state index is 13.3. The molecule has 6 heteroatoms. The van der Waals surface area contributed by atoms with Crippen molar-refractivity contribution < 1.29 is 19.1 Å². The Morgan fingerprint density at radius 3 is 2.33 bits per heavy atom. The predicted octanol–water partition coefficient (Wildman–Crippen LogP) is 2.25. The molecule has 0 aliphatic carbocycles. The second kappa shape index (κ2) is 6.16. The van der Waals surface area contributed by atoms with E-state index in [2.05, 4.69) is 4.99 Å². The molecule has 2 aromatic carbocycles. The van der Waals surface area contributed by atoms with Gasteiger partial charge in [-0.2, -0.15) is 0 Å². The van der Waals surface area contributed by atoms with Crippen LogP contribution in [0.25, 0.3) is 0 Å². The summed E-state index contributed by atoms with van der Waals surface area (Å²) in [6, 6.07) is 15.9. The van der Waals surface area contributed by atoms with Crippen molar-refractivity contribution in [3.63, 3.8) is 0 Å². The zero-order valence-corrected chi connectivity index (χ0v) is 15.0. The van der Waals surface area contributed by atoms with Crippen LogP contribution in [0, 0.1) is 18.8 Å². The average Bonchev–Trinajstić information content (AvgIpc) is 3.21. The van der Waals surface area contributed by atoms with Crippen LogP contribution in [0.2, 0.25) is 0 Å². The Morgan fingerprint density at radius 1 is 1.04 bits per heavy atom. The van der Waals surface area contributed by atoms with Crippen LogP contribution in [0.15, 0.2) is 59.6 Å². The first-order valence-electron chi connectivity index (χ1n) is 8.64. The number of ether oxygens (including phenoxy) is 1. The van der Waals surface area contributed by atoms with Gasteiger partial charge in [0.1, 0.15) is 0 Å². The number of hydrogen-bond donors (Lipinski definition) is 0. The molecule has 0 radical (unpaired) electrons. The van der Waals surface area contributed by atoms with Gasteiger partial charge in [-0.15, -0.1) is 0 Å². The van der Waals surface area contributed by atoms with Crippen molar-refractivity contribution in [2.45, 2.75) is 12.5 Å². The molecule has 0 aromatic heterocycles. The van der Waals surface area contributed by atoms with Crippen molar-refractivity contribution in [3.05, 3.63) is 65.7 Å². The summed E-state index contributed by atoms with van der Waals surface area (Å²) in [6.07, 6.45) is 1.42. The maximum atomic E-state index is 13.3. The molecule has 2 amide bonds. The quantitative estimate of drug-likeness (QED) is 0.620. The number of rotatable bonds is 3. The molecule has 1 fully saturated rings. The first-order valence-corrected chi connectivity index (χ1v) is 8.64. The summed E-state index contributed by atoms with van der Waals surface area (Å²) in [4.78, 5) is 44.6. The third-order valence-corrected chi connectivity index (χ3v) is 5.24. The molecule has 4 rings (SSSR count). The molecule has 0 N–H and O–H groups in total. The molecular formula is C21H18N2O4. The maximum Gasteiger partial charge on any atom is 0.339 e. The molecule has 0 bridgehead atoms. The summed E-state index contributed by atoms with van der Waals surface area (Å²) >= 11 is 0. The van der Waals surface area contributed by atoms with Gasteiger partial charge < -0.3 is 4.74 Å². The van der Waals surface area contributed by atoms with Gasteiger partial charge >= 0.3 is 5.97 Å². The predicted molar refractivity (Wildman–Crippen MR) is 99.3 cm³/mol. The summed E-state index contributed by atoms with van der Waals surface area (Å²) in [5.74, 6) is -3.22. The standard InChI is InChI=1S/C21H18N2O4/c1-13-8-10-15(11-9-13)23-18(24)16-12-22-21(20(26)27-2,17(16)19(23)25)14-6-4-3-5-7-14/h3-12,16-17H,1-2H3/t16-,17+,21+/m1/s1. The van der Waals surface area contributed by atoms with Gasteiger partial charge in [0, 0.05) is 6.21 Å². The highest BCUT2D eigenvalue weighted by atomic mass is 16.5. The molecule has 0 spiro atoms. The fraction of sp³-hybridized carbons (Fsp3) is 0.238. The number of benzene rings is 2. The number of imide groups is 1. The lowest BCUT2D eigenvalue weighted by atomic mass is 9.76. The molecule has 136 valence electrons. The number of aliphatic imine (C=N–C) groups is 1. The molecule has 27 heavy (non-hydrogen) atoms. The highest BCUT2D eigenvalue weighted by molar-refractivity contribution is 6.28. The Balaban J connectivity index is 1.84. The number of nitrogens with zero attached hydrogens (tertiary/aromatic N) is 2. The lowest BCUT2D eigenvalue weighted by molar-refractivity contribution is -0.151. The second-order valence-corrected chi connectivity index (χ2v) is 6.75. The van der Waals surface area contributed by atoms with E-state index in [-0.39, 0.29) is 5.91 Å². The first-order chi connectivity index (χ1) is 13.0. The van der Waals surface area contributed by atoms with Gasteiger partial charge in [-0.1, -0.05) is 48.0 Å². The van der Waals surface area contributed by atoms with E-state index in [1.807, 2.05) is 25.1 Å². The van der Waals surface area contributed by atoms with Gasteiger partial charge in [-0.3, -0.25) is 14.6 Å². The van der Waals surface area contributed by atoms with Gasteiger partial charge in [0.15, 0.2) is 5.54 Å². The molecule has 2 heterocycles. The lowest BCUT2D eigenvalue weighted by Crippen LogP contribution is -2.45. The molecule has 2 aromatic rings. The summed E-state index contributed by atoms with van der Waals surface area (Å²) < 4.78 is 5.01. The summed E-state index contributed by atoms with van der Waals surface area (Å²) in [5, 5.41) is 0. The topological polar surface area (TPSA) is 76.0 Å². The van der Waals surface area contributed by atoms with Gasteiger partial charge in [-0.05, 0) is 24.6 Å². The van der Waals surface area contributed by atoms with Crippen LogP contribution in [0.5, 0.6) is 0 Å². The van der Waals surface area contributed by atoms with Crippen LogP contribution in [0.3, 0.4) is 0 Å². The smallest absolute Gasteiger partial charge is 0.339 e. The van der Waals surface area contributed by atoms with E-state index in [1.165, 1.54) is 13.3 Å². The van der Waals surface area contributed by atoms with Crippen molar-refractivity contribution in [1.82, 2.24) is 0 Å². The third-order valence-electron chi connectivity index (χ3n) is 5.24. The van der Waals surface area contributed by atoms with E-state index in [0.29, 0.717) is 11.3 Å². The van der Waals surface area contributed by atoms with Crippen molar-refractivity contribution in [2.24, 2.45) is 16.8 Å². The Labute approximate surface area is 156 Å². The molecule has 3 atom stereocenters. The highest BCUT2D eigenvalue weighted by Gasteiger charge is 2.65. The average molecular weight is 362 g/mol. The van der Waals surface area contributed by atoms with Crippen molar-refractivity contribution in [2.75, 3.05) is 12.0 Å². The van der Waals surface area contributed by atoms with E-state index in [9.17, 15) is 14.4 Å². The van der Waals surface area contributed by atoms with E-state index in [0.717, 1.165) is 10.5 Å². The van der Waals surface area contributed by atoms with Crippen molar-refractivity contribution >= 4 is 29.7 Å². The van der Waals surface area contributed by atoms with Gasteiger partial charge in [0.25, 0.3) is 0 Å². The highest BCUT2D eigenvalue weighted by Crippen LogP contribution is 2.48. The molecule has 2 aliphatic heterocycles. The van der Waals surface area contributed by atoms with Gasteiger partial charge in [0.05, 0.1) is 24.6 Å². The lowest BCUT2D eigenvalue weighted by Gasteiger charge is -2.29. The SMILES string of the molecule is COC(=O)[C@@]1(c2ccccc2)N=C[C@H]2C(=O)N(c3ccc(C)cc3)C(=O)[C@H]21. The number of aryl methyl sites for hydroxylation is 1. The van der Waals surface area contributed by atoms with Crippen LogP contribution < -0.4 is 4.90 Å². The monoisotopic (exact) mass is 362 g/mol. The van der Waals surface area contributed by atoms with Crippen LogP contribution in [-0.4, -0.2) is 31.1 Å². The Morgan fingerprint density at radius 2 is 1.70 bits per heavy atom. The number of esters is 1. The summed E-state index contributed by atoms with van der Waals surface area (Å²) in [5.41, 5.74) is 0.498. The number of carbonyl (C=O) groups excluding carboxylic acids is 3. The normalized spacial score (nSPS) is 26.4. The molecule has 6 nitrogen and oxygen atoms in total. The second-order valence-electron chi connectivity index (χ2n) is 6.75. The number of amides is 2. The van der Waals surface area contributed by atoms with Crippen molar-refractivity contribution in [3.8, 4) is 0 Å². The summed E-state index contributed by atoms with van der Waals surface area (Å²) in [7, 11) is 1.26. The van der Waals surface area contributed by atoms with E-state index in [4.69, 9.17) is 4.74 Å². The minimum absolute atomic E-state index is 0.376. The third kappa shape index (κ3) is 2.33. The number of hydrogen-bond acceptors (Lipinski definition) is 5. The number of methoxy groups -OCH3 is 1. The van der Waals surface area contributed by atoms with Crippen LogP contribution >= 0.6 is 0 Å². The Kier molecular flexibility index (Phi) is 3.91. The van der Waals surface area contributed by atoms with Crippen LogP contribution in [0.4, 0.5) is 5.69 Å². The zero-order valence-electron chi connectivity index (χ0n) is 15.0. The van der Waals surface area contributed by atoms with E-state index in [1.54, 1.807) is 36.4 Å². The molecular weight excluding hydrogens is 344 g/mol. The number of anilines is 1. The first kappa shape index (κ1) is 17.1. The van der Waals surface area contributed by atoms with E-state index >= 15 is 0 Å². The minimum Gasteiger partial charge on any atom is -0.467 e. The van der Waals surface area contributed by atoms with Gasteiger partial charge in [0.2, 0.25) is 11.8 Å².